The molecule has 0 saturated carbocycles. The molecule has 3 heterocycles. The lowest BCUT2D eigenvalue weighted by molar-refractivity contribution is -0.124. The summed E-state index contributed by atoms with van der Waals surface area (Å²) in [5.74, 6) is 0.266. The van der Waals surface area contributed by atoms with Crippen molar-refractivity contribution in [1.29, 1.82) is 0 Å². The predicted molar refractivity (Wildman–Crippen MR) is 184 cm³/mol. The predicted octanol–water partition coefficient (Wildman–Crippen LogP) is 3.89. The number of benzene rings is 3. The average Bonchev–Trinajstić information content (AvgIpc) is 3.29. The Morgan fingerprint density at radius 1 is 1.17 bits per heavy atom. The van der Waals surface area contributed by atoms with Crippen LogP contribution < -0.4 is 25.9 Å². The minimum atomic E-state index is -0.293. The molecule has 0 bridgehead atoms. The second-order valence-electron chi connectivity index (χ2n) is 12.4. The van der Waals surface area contributed by atoms with Gasteiger partial charge in [0.15, 0.2) is 0 Å². The van der Waals surface area contributed by atoms with Crippen molar-refractivity contribution in [3.05, 3.63) is 64.1 Å². The van der Waals surface area contributed by atoms with Crippen LogP contribution in [0.1, 0.15) is 32.8 Å². The molecule has 10 nitrogen and oxygen atoms in total. The van der Waals surface area contributed by atoms with E-state index in [2.05, 4.69) is 24.8 Å². The number of nitrogens with zero attached hydrogens (tertiary/aromatic N) is 6. The molecule has 2 unspecified atom stereocenters. The zero-order valence-corrected chi connectivity index (χ0v) is 27.6. The van der Waals surface area contributed by atoms with Gasteiger partial charge in [-0.25, -0.2) is 4.39 Å². The number of halogens is 1. The van der Waals surface area contributed by atoms with Crippen LogP contribution in [0.3, 0.4) is 0 Å². The quantitative estimate of drug-likeness (QED) is 0.307. The van der Waals surface area contributed by atoms with Crippen LogP contribution >= 0.6 is 0 Å². The Hall–Kier alpha value is -5.06. The summed E-state index contributed by atoms with van der Waals surface area (Å²) >= 11 is 0. The number of rotatable bonds is 6. The van der Waals surface area contributed by atoms with Gasteiger partial charge in [0.2, 0.25) is 0 Å². The summed E-state index contributed by atoms with van der Waals surface area (Å²) in [6.07, 6.45) is 5.07. The van der Waals surface area contributed by atoms with Crippen LogP contribution in [0.15, 0.2) is 52.1 Å². The molecule has 6 rings (SSSR count). The molecular formula is C36H40FN7O3. The lowest BCUT2D eigenvalue weighted by Gasteiger charge is -2.26. The molecule has 2 atom stereocenters. The summed E-state index contributed by atoms with van der Waals surface area (Å²) in [4.78, 5) is 35.7. The van der Waals surface area contributed by atoms with Crippen LogP contribution in [0.4, 0.5) is 10.2 Å². The van der Waals surface area contributed by atoms with Crippen molar-refractivity contribution in [2.45, 2.75) is 39.7 Å². The maximum absolute atomic E-state index is 15.2. The van der Waals surface area contributed by atoms with Crippen molar-refractivity contribution in [1.82, 2.24) is 14.9 Å². The van der Waals surface area contributed by atoms with Gasteiger partial charge in [-0.3, -0.25) is 14.8 Å². The summed E-state index contributed by atoms with van der Waals surface area (Å²) in [5.41, 5.74) is 9.56. The van der Waals surface area contributed by atoms with Crippen molar-refractivity contribution in [3.8, 4) is 22.9 Å². The van der Waals surface area contributed by atoms with Gasteiger partial charge in [-0.15, -0.1) is 0 Å². The molecule has 0 aliphatic carbocycles. The molecule has 1 aromatic heterocycles. The fraction of sp³-hybridized carbons (Fsp3) is 0.361. The molecule has 3 aromatic carbocycles. The van der Waals surface area contributed by atoms with E-state index in [-0.39, 0.29) is 41.1 Å². The normalized spacial score (nSPS) is 18.2. The Morgan fingerprint density at radius 2 is 1.96 bits per heavy atom. The first-order valence-electron chi connectivity index (χ1n) is 15.9. The molecule has 1 amide bonds. The third-order valence-corrected chi connectivity index (χ3v) is 8.99. The SMILES string of the molecule is CCc1c(F)ccc2cc(O)cc(-c3cc4nc(OC)nc(N5CCCN=C(/C=C(\N)C(=O)N(C)C)C5)c4c4c3=NC(C)C(C)C=4)c12. The van der Waals surface area contributed by atoms with E-state index in [4.69, 9.17) is 30.4 Å². The van der Waals surface area contributed by atoms with Crippen molar-refractivity contribution in [2.75, 3.05) is 45.7 Å². The zero-order valence-electron chi connectivity index (χ0n) is 27.6. The molecule has 0 saturated heterocycles. The number of aromatic nitrogens is 2. The van der Waals surface area contributed by atoms with Gasteiger partial charge in [0, 0.05) is 38.0 Å². The minimum Gasteiger partial charge on any atom is -0.508 e. The van der Waals surface area contributed by atoms with Crippen molar-refractivity contribution < 1.29 is 19.0 Å². The number of amides is 1. The molecule has 47 heavy (non-hydrogen) atoms. The number of hydrogen-bond donors (Lipinski definition) is 2. The van der Waals surface area contributed by atoms with Gasteiger partial charge in [-0.2, -0.15) is 9.97 Å². The lowest BCUT2D eigenvalue weighted by Crippen LogP contribution is -2.38. The van der Waals surface area contributed by atoms with Gasteiger partial charge in [-0.1, -0.05) is 26.0 Å². The number of likely N-dealkylation sites (N-methyl/N-ethyl adjacent to an activating group) is 1. The maximum Gasteiger partial charge on any atom is 0.318 e. The highest BCUT2D eigenvalue weighted by atomic mass is 19.1. The monoisotopic (exact) mass is 637 g/mol. The lowest BCUT2D eigenvalue weighted by atomic mass is 9.89. The number of aliphatic imine (C=N–C) groups is 1. The Balaban J connectivity index is 1.65. The number of ether oxygens (including phenoxy) is 1. The Labute approximate surface area is 272 Å². The van der Waals surface area contributed by atoms with Crippen molar-refractivity contribution in [3.63, 3.8) is 0 Å². The van der Waals surface area contributed by atoms with E-state index >= 15 is 4.39 Å². The van der Waals surface area contributed by atoms with Crippen molar-refractivity contribution >= 4 is 45.2 Å². The van der Waals surface area contributed by atoms with E-state index in [1.807, 2.05) is 13.0 Å². The number of nitrogens with two attached hydrogens (primary N) is 1. The highest BCUT2D eigenvalue weighted by molar-refractivity contribution is 6.07. The fourth-order valence-electron chi connectivity index (χ4n) is 6.46. The molecule has 2 aliphatic heterocycles. The smallest absolute Gasteiger partial charge is 0.318 e. The second-order valence-corrected chi connectivity index (χ2v) is 12.4. The molecule has 0 spiro atoms. The molecular weight excluding hydrogens is 597 g/mol. The molecule has 0 fully saturated rings. The third-order valence-electron chi connectivity index (χ3n) is 8.99. The summed E-state index contributed by atoms with van der Waals surface area (Å²) < 4.78 is 20.8. The van der Waals surface area contributed by atoms with E-state index in [1.165, 1.54) is 18.1 Å². The van der Waals surface area contributed by atoms with Gasteiger partial charge in [0.05, 0.1) is 47.4 Å². The van der Waals surface area contributed by atoms with Crippen LogP contribution in [0.2, 0.25) is 0 Å². The number of aryl methyl sites for hydroxylation is 1. The molecule has 11 heteroatoms. The van der Waals surface area contributed by atoms with E-state index in [0.29, 0.717) is 54.2 Å². The molecule has 3 N–H and O–H groups in total. The first kappa shape index (κ1) is 31.9. The molecule has 244 valence electrons. The molecule has 4 aromatic rings. The number of phenolic OH excluding ortho intramolecular Hbond substituents is 1. The highest BCUT2D eigenvalue weighted by Gasteiger charge is 2.25. The Kier molecular flexibility index (Phi) is 8.57. The zero-order chi connectivity index (χ0) is 33.6. The minimum absolute atomic E-state index is 0.0217. The summed E-state index contributed by atoms with van der Waals surface area (Å²) in [5, 5.41) is 14.7. The molecule has 2 aliphatic rings. The number of anilines is 1. The van der Waals surface area contributed by atoms with Crippen LogP contribution in [-0.2, 0) is 11.2 Å². The van der Waals surface area contributed by atoms with Crippen molar-refractivity contribution in [2.24, 2.45) is 21.6 Å². The van der Waals surface area contributed by atoms with E-state index < -0.39 is 0 Å². The standard InChI is InChI=1S/C36H40FN7O3/c1-7-24-28(37)10-9-21-14-23(45)16-25(31(21)24)26-17-30-32(27-13-19(2)20(3)40-33(26)27)34(42-36(41-30)47-6)44-12-8-11-39-22(18-44)15-29(38)35(46)43(4)5/h9-10,13-17,19-20,45H,7-8,11-12,18,38H2,1-6H3/b29-15-. The van der Waals surface area contributed by atoms with Crippen LogP contribution in [0.5, 0.6) is 11.8 Å². The average molecular weight is 638 g/mol. The van der Waals surface area contributed by atoms with Crippen LogP contribution in [0.25, 0.3) is 38.9 Å². The highest BCUT2D eigenvalue weighted by Crippen LogP contribution is 2.37. The topological polar surface area (TPSA) is 130 Å². The summed E-state index contributed by atoms with van der Waals surface area (Å²) in [7, 11) is 4.84. The number of fused-ring (bicyclic) bond motifs is 4. The van der Waals surface area contributed by atoms with Gasteiger partial charge in [0.1, 0.15) is 17.4 Å². The largest absolute Gasteiger partial charge is 0.508 e. The number of hydrogen-bond acceptors (Lipinski definition) is 9. The van der Waals surface area contributed by atoms with E-state index in [9.17, 15) is 9.90 Å². The van der Waals surface area contributed by atoms with Crippen LogP contribution in [0, 0.1) is 11.7 Å². The number of aromatic hydroxyl groups is 1. The van der Waals surface area contributed by atoms with Gasteiger partial charge < -0.3 is 25.4 Å². The first-order valence-corrected chi connectivity index (χ1v) is 15.9. The summed E-state index contributed by atoms with van der Waals surface area (Å²) in [6, 6.07) is 8.60. The van der Waals surface area contributed by atoms with E-state index in [0.717, 1.165) is 38.7 Å². The Morgan fingerprint density at radius 3 is 2.68 bits per heavy atom. The Bertz CT molecular complexity index is 2110. The second kappa shape index (κ2) is 12.6. The number of carbonyl (C=O) groups is 1. The number of phenols is 1. The van der Waals surface area contributed by atoms with Crippen LogP contribution in [-0.4, -0.2) is 78.5 Å². The fourth-order valence-corrected chi connectivity index (χ4v) is 6.46. The molecule has 0 radical (unpaired) electrons. The third kappa shape index (κ3) is 5.86. The van der Waals surface area contributed by atoms with Gasteiger partial charge in [0.25, 0.3) is 5.91 Å². The number of carbonyl (C=O) groups excluding carboxylic acids is 1. The first-order chi connectivity index (χ1) is 22.5. The number of methoxy groups -OCH3 is 1. The van der Waals surface area contributed by atoms with Gasteiger partial charge >= 0.3 is 6.01 Å². The van der Waals surface area contributed by atoms with Gasteiger partial charge in [-0.05, 0) is 77.9 Å². The summed E-state index contributed by atoms with van der Waals surface area (Å²) in [6.45, 7) is 7.71. The van der Waals surface area contributed by atoms with E-state index in [1.54, 1.807) is 38.4 Å². The maximum atomic E-state index is 15.2.